The number of likely N-dealkylation sites (tertiary alicyclic amines) is 1. The summed E-state index contributed by atoms with van der Waals surface area (Å²) in [7, 11) is 0. The highest BCUT2D eigenvalue weighted by Crippen LogP contribution is 2.32. The molecule has 0 radical (unpaired) electrons. The minimum Gasteiger partial charge on any atom is -0.477 e. The Labute approximate surface area is 219 Å². The second kappa shape index (κ2) is 11.1. The Morgan fingerprint density at radius 2 is 1.76 bits per heavy atom. The molecule has 0 amide bonds. The minimum absolute atomic E-state index is 0.305. The van der Waals surface area contributed by atoms with Crippen LogP contribution in [0, 0.1) is 5.92 Å². The first-order valence-corrected chi connectivity index (χ1v) is 13.5. The van der Waals surface area contributed by atoms with Gasteiger partial charge in [0, 0.05) is 38.3 Å². The van der Waals surface area contributed by atoms with E-state index in [1.165, 1.54) is 4.57 Å². The number of imidazole rings is 1. The molecule has 2 aliphatic heterocycles. The summed E-state index contributed by atoms with van der Waals surface area (Å²) in [5.74, 6) is 1.10. The number of nitrogens with zero attached hydrogens (tertiary/aromatic N) is 6. The summed E-state index contributed by atoms with van der Waals surface area (Å²) in [6.45, 7) is 4.20. The summed E-state index contributed by atoms with van der Waals surface area (Å²) in [5, 5.41) is 0. The van der Waals surface area contributed by atoms with E-state index < -0.39 is 12.6 Å². The number of alkyl halides is 3. The van der Waals surface area contributed by atoms with Gasteiger partial charge < -0.3 is 14.4 Å². The lowest BCUT2D eigenvalue weighted by molar-refractivity contribution is 0.121. The van der Waals surface area contributed by atoms with Crippen LogP contribution in [0.2, 0.25) is 0 Å². The van der Waals surface area contributed by atoms with Crippen LogP contribution in [0.25, 0.3) is 16.9 Å². The smallest absolute Gasteiger partial charge is 0.296 e. The fourth-order valence-electron chi connectivity index (χ4n) is 5.88. The van der Waals surface area contributed by atoms with Gasteiger partial charge in [0.2, 0.25) is 11.8 Å². The third kappa shape index (κ3) is 5.31. The third-order valence-corrected chi connectivity index (χ3v) is 7.94. The monoisotopic (exact) mass is 530 g/mol. The van der Waals surface area contributed by atoms with E-state index in [-0.39, 0.29) is 5.82 Å². The van der Waals surface area contributed by atoms with Crippen molar-refractivity contribution in [2.75, 3.05) is 50.9 Å². The molecule has 2 aromatic heterocycles. The van der Waals surface area contributed by atoms with Gasteiger partial charge in [0.05, 0.1) is 30.9 Å². The molecule has 3 aromatic rings. The fourth-order valence-corrected chi connectivity index (χ4v) is 5.88. The van der Waals surface area contributed by atoms with Crippen LogP contribution in [0.4, 0.5) is 19.1 Å². The van der Waals surface area contributed by atoms with Crippen LogP contribution in [0.15, 0.2) is 30.3 Å². The number of fused-ring (bicyclic) bond motifs is 1. The molecule has 1 saturated carbocycles. The molecule has 204 valence electrons. The number of hydrogen-bond donors (Lipinski definition) is 0. The lowest BCUT2D eigenvalue weighted by Crippen LogP contribution is -2.38. The molecule has 6 rings (SSSR count). The van der Waals surface area contributed by atoms with Gasteiger partial charge in [-0.05, 0) is 50.2 Å². The predicted molar refractivity (Wildman–Crippen MR) is 137 cm³/mol. The molecule has 0 bridgehead atoms. The molecule has 3 fully saturated rings. The van der Waals surface area contributed by atoms with Gasteiger partial charge in [-0.1, -0.05) is 12.1 Å². The van der Waals surface area contributed by atoms with Crippen LogP contribution in [-0.4, -0.2) is 82.6 Å². The Balaban J connectivity index is 1.24. The summed E-state index contributed by atoms with van der Waals surface area (Å²) < 4.78 is 54.8. The SMILES string of the molecule is FC(F)c1nc2ccccc2n1-c1cc(OC[C@H]2CC[C@H](N3CC[C@H](F)C3)CC2)nc(N2CCOCC2)n1. The molecule has 0 spiro atoms. The van der Waals surface area contributed by atoms with Crippen molar-refractivity contribution in [1.82, 2.24) is 24.4 Å². The first-order chi connectivity index (χ1) is 18.5. The number of ether oxygens (including phenoxy) is 2. The zero-order chi connectivity index (χ0) is 26.1. The molecule has 38 heavy (non-hydrogen) atoms. The average molecular weight is 531 g/mol. The van der Waals surface area contributed by atoms with Gasteiger partial charge in [-0.3, -0.25) is 9.47 Å². The van der Waals surface area contributed by atoms with E-state index in [2.05, 4.69) is 19.9 Å². The molecule has 1 aliphatic carbocycles. The molecular weight excluding hydrogens is 497 g/mol. The average Bonchev–Trinajstić information content (AvgIpc) is 3.56. The van der Waals surface area contributed by atoms with E-state index >= 15 is 0 Å². The van der Waals surface area contributed by atoms with Crippen molar-refractivity contribution in [2.24, 2.45) is 5.92 Å². The maximum Gasteiger partial charge on any atom is 0.296 e. The van der Waals surface area contributed by atoms with Gasteiger partial charge in [-0.25, -0.2) is 18.2 Å². The lowest BCUT2D eigenvalue weighted by Gasteiger charge is -2.34. The minimum atomic E-state index is -2.77. The van der Waals surface area contributed by atoms with Crippen LogP contribution in [0.5, 0.6) is 5.88 Å². The van der Waals surface area contributed by atoms with Crippen molar-refractivity contribution in [2.45, 2.75) is 50.7 Å². The maximum atomic E-state index is 14.1. The maximum absolute atomic E-state index is 14.1. The summed E-state index contributed by atoms with van der Waals surface area (Å²) in [4.78, 5) is 17.8. The molecule has 11 heteroatoms. The summed E-state index contributed by atoms with van der Waals surface area (Å²) >= 11 is 0. The third-order valence-electron chi connectivity index (χ3n) is 7.94. The van der Waals surface area contributed by atoms with Crippen LogP contribution in [-0.2, 0) is 4.74 Å². The Morgan fingerprint density at radius 1 is 0.974 bits per heavy atom. The molecule has 0 N–H and O–H groups in total. The van der Waals surface area contributed by atoms with E-state index in [9.17, 15) is 13.2 Å². The quantitative estimate of drug-likeness (QED) is 0.443. The van der Waals surface area contributed by atoms with Crippen molar-refractivity contribution < 1.29 is 22.6 Å². The summed E-state index contributed by atoms with van der Waals surface area (Å²) in [5.41, 5.74) is 1.03. The number of halogens is 3. The highest BCUT2D eigenvalue weighted by atomic mass is 19.3. The zero-order valence-electron chi connectivity index (χ0n) is 21.3. The van der Waals surface area contributed by atoms with Crippen molar-refractivity contribution >= 4 is 17.0 Å². The van der Waals surface area contributed by atoms with E-state index in [0.717, 1.165) is 32.2 Å². The molecule has 8 nitrogen and oxygen atoms in total. The topological polar surface area (TPSA) is 68.5 Å². The number of aromatic nitrogens is 4. The van der Waals surface area contributed by atoms with Crippen LogP contribution >= 0.6 is 0 Å². The Hall–Kier alpha value is -2.92. The van der Waals surface area contributed by atoms with Crippen molar-refractivity contribution in [3.63, 3.8) is 0 Å². The first kappa shape index (κ1) is 25.4. The summed E-state index contributed by atoms with van der Waals surface area (Å²) in [6.07, 6.45) is 1.27. The second-order valence-corrected chi connectivity index (χ2v) is 10.4. The van der Waals surface area contributed by atoms with Crippen LogP contribution < -0.4 is 9.64 Å². The van der Waals surface area contributed by atoms with Gasteiger partial charge in [-0.2, -0.15) is 9.97 Å². The van der Waals surface area contributed by atoms with E-state index in [4.69, 9.17) is 9.47 Å². The van der Waals surface area contributed by atoms with Crippen molar-refractivity contribution in [3.05, 3.63) is 36.2 Å². The molecule has 4 heterocycles. The van der Waals surface area contributed by atoms with Gasteiger partial charge in [0.1, 0.15) is 12.0 Å². The number of rotatable bonds is 7. The molecule has 2 saturated heterocycles. The molecular formula is C27H33F3N6O2. The highest BCUT2D eigenvalue weighted by molar-refractivity contribution is 5.78. The molecule has 0 unspecified atom stereocenters. The number of anilines is 1. The number of para-hydroxylation sites is 2. The normalized spacial score (nSPS) is 24.9. The first-order valence-electron chi connectivity index (χ1n) is 13.5. The molecule has 1 aromatic carbocycles. The molecule has 1 atom stereocenters. The second-order valence-electron chi connectivity index (χ2n) is 10.4. The summed E-state index contributed by atoms with van der Waals surface area (Å²) in [6, 6.07) is 9.12. The van der Waals surface area contributed by atoms with E-state index in [0.29, 0.717) is 86.5 Å². The van der Waals surface area contributed by atoms with Crippen molar-refractivity contribution in [1.29, 1.82) is 0 Å². The van der Waals surface area contributed by atoms with E-state index in [1.807, 2.05) is 4.90 Å². The largest absolute Gasteiger partial charge is 0.477 e. The Morgan fingerprint density at radius 3 is 2.50 bits per heavy atom. The fraction of sp³-hybridized carbons (Fsp3) is 0.593. The lowest BCUT2D eigenvalue weighted by atomic mass is 9.86. The Bertz CT molecular complexity index is 1240. The molecule has 3 aliphatic rings. The van der Waals surface area contributed by atoms with Crippen molar-refractivity contribution in [3.8, 4) is 11.7 Å². The number of morpholine rings is 1. The van der Waals surface area contributed by atoms with Gasteiger partial charge in [0.15, 0.2) is 5.82 Å². The number of benzene rings is 1. The van der Waals surface area contributed by atoms with Crippen LogP contribution in [0.3, 0.4) is 0 Å². The highest BCUT2D eigenvalue weighted by Gasteiger charge is 2.31. The Kier molecular flexibility index (Phi) is 7.38. The van der Waals surface area contributed by atoms with Crippen LogP contribution in [0.1, 0.15) is 44.4 Å². The van der Waals surface area contributed by atoms with E-state index in [1.54, 1.807) is 30.3 Å². The standard InChI is InChI=1S/C27H33F3N6O2/c28-19-9-10-35(16-19)20-7-5-18(6-8-20)17-38-24-15-23(32-27(33-24)34-11-13-37-14-12-34)36-22-4-2-1-3-21(22)31-26(36)25(29)30/h1-4,15,18-20,25H,5-14,16-17H2/t18-,19-,20-/m0/s1. The van der Waals surface area contributed by atoms with Gasteiger partial charge >= 0.3 is 0 Å². The number of hydrogen-bond acceptors (Lipinski definition) is 7. The van der Waals surface area contributed by atoms with Gasteiger partial charge in [0.25, 0.3) is 6.43 Å². The van der Waals surface area contributed by atoms with Gasteiger partial charge in [-0.15, -0.1) is 0 Å². The zero-order valence-corrected chi connectivity index (χ0v) is 21.3. The predicted octanol–water partition coefficient (Wildman–Crippen LogP) is 4.57.